The van der Waals surface area contributed by atoms with E-state index >= 15 is 0 Å². The van der Waals surface area contributed by atoms with Gasteiger partial charge in [-0.3, -0.25) is 14.4 Å². The highest BCUT2D eigenvalue weighted by molar-refractivity contribution is 5.94. The number of carbonyl (C=O) groups excluding carboxylic acids is 3. The van der Waals surface area contributed by atoms with E-state index in [1.807, 2.05) is 6.92 Å². The zero-order valence-electron chi connectivity index (χ0n) is 18.4. The molecule has 178 valence electrons. The Morgan fingerprint density at radius 2 is 1.84 bits per heavy atom. The van der Waals surface area contributed by atoms with Crippen LogP contribution < -0.4 is 22.1 Å². The van der Waals surface area contributed by atoms with Crippen molar-refractivity contribution in [3.63, 3.8) is 0 Å². The Kier molecular flexibility index (Phi) is 11.4. The lowest BCUT2D eigenvalue weighted by Crippen LogP contribution is -2.59. The summed E-state index contributed by atoms with van der Waals surface area (Å²) in [4.78, 5) is 50.6. The van der Waals surface area contributed by atoms with Crippen molar-refractivity contribution >= 4 is 23.7 Å². The van der Waals surface area contributed by atoms with Gasteiger partial charge in [-0.05, 0) is 38.1 Å². The molecule has 0 aromatic heterocycles. The van der Waals surface area contributed by atoms with Gasteiger partial charge in [0.15, 0.2) is 0 Å². The number of nitrogens with zero attached hydrogens (tertiary/aromatic N) is 1. The van der Waals surface area contributed by atoms with Crippen LogP contribution in [0.25, 0.3) is 0 Å². The molecule has 11 heteroatoms. The molecule has 11 nitrogen and oxygen atoms in total. The first-order valence-electron chi connectivity index (χ1n) is 10.9. The molecule has 0 aromatic rings. The third-order valence-electron chi connectivity index (χ3n) is 5.72. The molecule has 3 amide bonds. The highest BCUT2D eigenvalue weighted by Crippen LogP contribution is 2.19. The highest BCUT2D eigenvalue weighted by Gasteiger charge is 2.38. The summed E-state index contributed by atoms with van der Waals surface area (Å²) < 4.78 is 0. The predicted octanol–water partition coefficient (Wildman–Crippen LogP) is -1.47. The van der Waals surface area contributed by atoms with E-state index in [2.05, 4.69) is 10.6 Å². The zero-order valence-corrected chi connectivity index (χ0v) is 18.4. The minimum atomic E-state index is -1.30. The normalized spacial score (nSPS) is 19.9. The van der Waals surface area contributed by atoms with Gasteiger partial charge in [0.1, 0.15) is 18.1 Å². The summed E-state index contributed by atoms with van der Waals surface area (Å²) in [7, 11) is 0. The molecule has 0 aliphatic carbocycles. The van der Waals surface area contributed by atoms with E-state index in [4.69, 9.17) is 11.5 Å². The van der Waals surface area contributed by atoms with Gasteiger partial charge in [-0.1, -0.05) is 26.7 Å². The first kappa shape index (κ1) is 26.8. The third-order valence-corrected chi connectivity index (χ3v) is 5.72. The molecule has 1 fully saturated rings. The van der Waals surface area contributed by atoms with Crippen LogP contribution in [0.3, 0.4) is 0 Å². The lowest BCUT2D eigenvalue weighted by molar-refractivity contribution is -0.150. The molecule has 1 saturated heterocycles. The van der Waals surface area contributed by atoms with Gasteiger partial charge < -0.3 is 37.2 Å². The summed E-state index contributed by atoms with van der Waals surface area (Å²) in [6.07, 6.45) is 3.29. The monoisotopic (exact) mass is 443 g/mol. The van der Waals surface area contributed by atoms with Crippen molar-refractivity contribution in [3.8, 4) is 0 Å². The maximum Gasteiger partial charge on any atom is 0.326 e. The lowest BCUT2D eigenvalue weighted by atomic mass is 9.97. The van der Waals surface area contributed by atoms with E-state index in [-0.39, 0.29) is 12.5 Å². The quantitative estimate of drug-likeness (QED) is 0.186. The number of amides is 3. The molecule has 5 atom stereocenters. The fourth-order valence-electron chi connectivity index (χ4n) is 3.54. The number of unbranched alkanes of at least 4 members (excludes halogenated alkanes) is 1. The van der Waals surface area contributed by atoms with Gasteiger partial charge >= 0.3 is 5.97 Å². The number of nitrogens with one attached hydrogen (secondary N) is 2. The van der Waals surface area contributed by atoms with Crippen LogP contribution in [-0.4, -0.2) is 82.7 Å². The Balaban J connectivity index is 2.83. The molecule has 0 bridgehead atoms. The number of carbonyl (C=O) groups is 4. The molecule has 0 spiro atoms. The number of rotatable bonds is 13. The number of aliphatic hydroxyl groups is 1. The van der Waals surface area contributed by atoms with Crippen LogP contribution in [0.15, 0.2) is 0 Å². The fourth-order valence-corrected chi connectivity index (χ4v) is 3.54. The summed E-state index contributed by atoms with van der Waals surface area (Å²) in [5.74, 6) is -3.14. The van der Waals surface area contributed by atoms with Gasteiger partial charge in [-0.15, -0.1) is 0 Å². The van der Waals surface area contributed by atoms with Crippen LogP contribution in [0.5, 0.6) is 0 Å². The second-order valence-electron chi connectivity index (χ2n) is 8.03. The average molecular weight is 444 g/mol. The van der Waals surface area contributed by atoms with Crippen molar-refractivity contribution in [2.75, 3.05) is 19.7 Å². The summed E-state index contributed by atoms with van der Waals surface area (Å²) in [5.41, 5.74) is 11.4. The summed E-state index contributed by atoms with van der Waals surface area (Å²) >= 11 is 0. The first-order chi connectivity index (χ1) is 14.7. The molecule has 1 aliphatic heterocycles. The van der Waals surface area contributed by atoms with Gasteiger partial charge in [0.25, 0.3) is 0 Å². The number of aliphatic carboxylic acids is 1. The van der Waals surface area contributed by atoms with Crippen LogP contribution in [0, 0.1) is 5.92 Å². The summed E-state index contributed by atoms with van der Waals surface area (Å²) in [6, 6.07) is -4.01. The number of aliphatic hydroxyl groups excluding tert-OH is 1. The van der Waals surface area contributed by atoms with Gasteiger partial charge in [-0.2, -0.15) is 0 Å². The molecular formula is C20H37N5O6. The number of carboxylic acids is 1. The van der Waals surface area contributed by atoms with E-state index < -0.39 is 54.5 Å². The molecule has 0 saturated carbocycles. The third kappa shape index (κ3) is 7.75. The maximum absolute atomic E-state index is 12.9. The summed E-state index contributed by atoms with van der Waals surface area (Å²) in [6.45, 7) is 3.69. The molecule has 31 heavy (non-hydrogen) atoms. The van der Waals surface area contributed by atoms with Crippen molar-refractivity contribution in [2.24, 2.45) is 17.4 Å². The fraction of sp³-hybridized carbons (Fsp3) is 0.800. The maximum atomic E-state index is 12.9. The number of hydrogen-bond donors (Lipinski definition) is 6. The van der Waals surface area contributed by atoms with E-state index in [0.29, 0.717) is 38.6 Å². The van der Waals surface area contributed by atoms with Crippen molar-refractivity contribution < 1.29 is 29.4 Å². The van der Waals surface area contributed by atoms with Crippen LogP contribution in [0.4, 0.5) is 0 Å². The van der Waals surface area contributed by atoms with Crippen molar-refractivity contribution in [3.05, 3.63) is 0 Å². The number of likely N-dealkylation sites (tertiary alicyclic amines) is 1. The Bertz CT molecular complexity index is 631. The predicted molar refractivity (Wildman–Crippen MR) is 114 cm³/mol. The van der Waals surface area contributed by atoms with Crippen LogP contribution >= 0.6 is 0 Å². The minimum Gasteiger partial charge on any atom is -0.480 e. The van der Waals surface area contributed by atoms with Crippen molar-refractivity contribution in [1.82, 2.24) is 15.5 Å². The standard InChI is InChI=1S/C20H37N5O6/c1-3-12(2)16(24-17(27)13(22)7-4-5-9-21)18(28)23-14(11-26)19(29)25-10-6-8-15(25)20(30)31/h12-16,26H,3-11,21-22H2,1-2H3,(H,23,28)(H,24,27)(H,30,31). The molecule has 8 N–H and O–H groups in total. The Morgan fingerprint density at radius 3 is 2.39 bits per heavy atom. The van der Waals surface area contributed by atoms with Crippen LogP contribution in [0.2, 0.25) is 0 Å². The molecule has 0 radical (unpaired) electrons. The highest BCUT2D eigenvalue weighted by atomic mass is 16.4. The Hall–Kier alpha value is -2.24. The Morgan fingerprint density at radius 1 is 1.16 bits per heavy atom. The SMILES string of the molecule is CCC(C)C(NC(=O)C(N)CCCCN)C(=O)NC(CO)C(=O)N1CCCC1C(=O)O. The number of carboxylic acid groups (broad SMARTS) is 1. The van der Waals surface area contributed by atoms with Gasteiger partial charge in [-0.25, -0.2) is 4.79 Å². The van der Waals surface area contributed by atoms with Gasteiger partial charge in [0, 0.05) is 6.54 Å². The van der Waals surface area contributed by atoms with Gasteiger partial charge in [0.05, 0.1) is 12.6 Å². The molecule has 5 unspecified atom stereocenters. The van der Waals surface area contributed by atoms with E-state index in [9.17, 15) is 29.4 Å². The molecule has 1 rings (SSSR count). The topological polar surface area (TPSA) is 188 Å². The summed E-state index contributed by atoms with van der Waals surface area (Å²) in [5, 5.41) is 24.1. The van der Waals surface area contributed by atoms with Gasteiger partial charge in [0.2, 0.25) is 17.7 Å². The number of hydrogen-bond acceptors (Lipinski definition) is 7. The van der Waals surface area contributed by atoms with Crippen LogP contribution in [0.1, 0.15) is 52.4 Å². The smallest absolute Gasteiger partial charge is 0.326 e. The van der Waals surface area contributed by atoms with E-state index in [1.165, 1.54) is 0 Å². The lowest BCUT2D eigenvalue weighted by Gasteiger charge is -2.29. The molecule has 1 heterocycles. The second-order valence-corrected chi connectivity index (χ2v) is 8.03. The molecular weight excluding hydrogens is 406 g/mol. The van der Waals surface area contributed by atoms with E-state index in [0.717, 1.165) is 11.3 Å². The molecule has 1 aliphatic rings. The minimum absolute atomic E-state index is 0.241. The first-order valence-corrected chi connectivity index (χ1v) is 10.9. The largest absolute Gasteiger partial charge is 0.480 e. The second kappa shape index (κ2) is 13.2. The average Bonchev–Trinajstić information content (AvgIpc) is 3.24. The Labute approximate surface area is 182 Å². The molecule has 0 aromatic carbocycles. The number of nitrogens with two attached hydrogens (primary N) is 2. The van der Waals surface area contributed by atoms with Crippen molar-refractivity contribution in [1.29, 1.82) is 0 Å². The van der Waals surface area contributed by atoms with Crippen LogP contribution in [-0.2, 0) is 19.2 Å². The van der Waals surface area contributed by atoms with E-state index in [1.54, 1.807) is 6.92 Å². The zero-order chi connectivity index (χ0) is 23.6. The van der Waals surface area contributed by atoms with Crippen molar-refractivity contribution in [2.45, 2.75) is 76.5 Å².